The molecule has 20 heavy (non-hydrogen) atoms. The summed E-state index contributed by atoms with van der Waals surface area (Å²) in [5, 5.41) is 10.9. The molecule has 2 aliphatic rings. The van der Waals surface area contributed by atoms with Crippen LogP contribution in [0.25, 0.3) is 0 Å². The van der Waals surface area contributed by atoms with Gasteiger partial charge >= 0.3 is 0 Å². The molecule has 1 saturated carbocycles. The van der Waals surface area contributed by atoms with Crippen molar-refractivity contribution in [3.05, 3.63) is 23.8 Å². The molecule has 0 radical (unpaired) electrons. The predicted octanol–water partition coefficient (Wildman–Crippen LogP) is 3.64. The molecule has 1 heterocycles. The van der Waals surface area contributed by atoms with Crippen LogP contribution in [0.15, 0.2) is 18.2 Å². The van der Waals surface area contributed by atoms with E-state index in [1.807, 2.05) is 18.2 Å². The number of benzene rings is 1. The standard InChI is InChI=1S/C17H24O3/c1-2-3-13-6-8-17(18,9-7-13)14-4-5-15-16(12-14)20-11-10-19-15/h4-5,12-13,18H,2-3,6-11H2,1H3. The SMILES string of the molecule is CCCC1CCC(O)(c2ccc3c(c2)OCCO3)CC1. The van der Waals surface area contributed by atoms with Gasteiger partial charge in [-0.3, -0.25) is 0 Å². The summed E-state index contributed by atoms with van der Waals surface area (Å²) in [5.74, 6) is 2.36. The van der Waals surface area contributed by atoms with E-state index < -0.39 is 5.60 Å². The van der Waals surface area contributed by atoms with E-state index in [-0.39, 0.29) is 0 Å². The monoisotopic (exact) mass is 276 g/mol. The van der Waals surface area contributed by atoms with Gasteiger partial charge in [-0.2, -0.15) is 0 Å². The Morgan fingerprint density at radius 2 is 1.85 bits per heavy atom. The Balaban J connectivity index is 1.75. The summed E-state index contributed by atoms with van der Waals surface area (Å²) in [7, 11) is 0. The van der Waals surface area contributed by atoms with E-state index in [0.29, 0.717) is 13.2 Å². The second-order valence-electron chi connectivity index (χ2n) is 6.12. The van der Waals surface area contributed by atoms with Crippen molar-refractivity contribution < 1.29 is 14.6 Å². The first-order valence-electron chi connectivity index (χ1n) is 7.84. The first kappa shape index (κ1) is 13.7. The Bertz CT molecular complexity index is 461. The van der Waals surface area contributed by atoms with Gasteiger partial charge in [0.15, 0.2) is 11.5 Å². The summed E-state index contributed by atoms with van der Waals surface area (Å²) in [5.41, 5.74) is 0.303. The van der Waals surface area contributed by atoms with Gasteiger partial charge in [0.2, 0.25) is 0 Å². The molecule has 0 atom stereocenters. The third-order valence-electron chi connectivity index (χ3n) is 4.71. The van der Waals surface area contributed by atoms with Crippen molar-refractivity contribution in [3.8, 4) is 11.5 Å². The fraction of sp³-hybridized carbons (Fsp3) is 0.647. The van der Waals surface area contributed by atoms with Gasteiger partial charge in [0, 0.05) is 0 Å². The van der Waals surface area contributed by atoms with Crippen LogP contribution in [0.3, 0.4) is 0 Å². The van der Waals surface area contributed by atoms with Gasteiger partial charge in [0.05, 0.1) is 5.60 Å². The van der Waals surface area contributed by atoms with Gasteiger partial charge in [-0.15, -0.1) is 0 Å². The van der Waals surface area contributed by atoms with Crippen LogP contribution in [0.1, 0.15) is 51.0 Å². The van der Waals surface area contributed by atoms with E-state index in [4.69, 9.17) is 9.47 Å². The molecule has 0 unspecified atom stereocenters. The lowest BCUT2D eigenvalue weighted by atomic mass is 9.74. The molecule has 110 valence electrons. The number of hydrogen-bond donors (Lipinski definition) is 1. The maximum atomic E-state index is 10.9. The summed E-state index contributed by atoms with van der Waals surface area (Å²) < 4.78 is 11.2. The molecule has 3 nitrogen and oxygen atoms in total. The molecular formula is C17H24O3. The van der Waals surface area contributed by atoms with Gasteiger partial charge in [-0.05, 0) is 49.3 Å². The van der Waals surface area contributed by atoms with Crippen LogP contribution in [-0.2, 0) is 5.60 Å². The van der Waals surface area contributed by atoms with Crippen molar-refractivity contribution in [1.82, 2.24) is 0 Å². The molecule has 3 rings (SSSR count). The van der Waals surface area contributed by atoms with Crippen molar-refractivity contribution in [2.45, 2.75) is 51.0 Å². The Labute approximate surface area is 120 Å². The largest absolute Gasteiger partial charge is 0.486 e. The highest BCUT2D eigenvalue weighted by Crippen LogP contribution is 2.43. The lowest BCUT2D eigenvalue weighted by Crippen LogP contribution is -2.31. The molecule has 1 aliphatic carbocycles. The fourth-order valence-electron chi connectivity index (χ4n) is 3.47. The Morgan fingerprint density at radius 1 is 1.15 bits per heavy atom. The first-order valence-corrected chi connectivity index (χ1v) is 7.84. The zero-order valence-electron chi connectivity index (χ0n) is 12.2. The predicted molar refractivity (Wildman–Crippen MR) is 78.2 cm³/mol. The zero-order valence-corrected chi connectivity index (χ0v) is 12.2. The topological polar surface area (TPSA) is 38.7 Å². The highest BCUT2D eigenvalue weighted by molar-refractivity contribution is 5.45. The summed E-state index contributed by atoms with van der Waals surface area (Å²) in [6, 6.07) is 5.89. The molecule has 0 spiro atoms. The molecule has 1 N–H and O–H groups in total. The van der Waals surface area contributed by atoms with Crippen molar-refractivity contribution >= 4 is 0 Å². The number of ether oxygens (including phenoxy) is 2. The molecule has 3 heteroatoms. The smallest absolute Gasteiger partial charge is 0.161 e. The van der Waals surface area contributed by atoms with E-state index >= 15 is 0 Å². The Morgan fingerprint density at radius 3 is 2.55 bits per heavy atom. The van der Waals surface area contributed by atoms with Gasteiger partial charge in [-0.25, -0.2) is 0 Å². The third-order valence-corrected chi connectivity index (χ3v) is 4.71. The van der Waals surface area contributed by atoms with Crippen LogP contribution in [-0.4, -0.2) is 18.3 Å². The summed E-state index contributed by atoms with van der Waals surface area (Å²) in [6.07, 6.45) is 6.50. The molecule has 1 aromatic rings. The highest BCUT2D eigenvalue weighted by Gasteiger charge is 2.35. The van der Waals surface area contributed by atoms with Gasteiger partial charge in [0.25, 0.3) is 0 Å². The molecular weight excluding hydrogens is 252 g/mol. The number of fused-ring (bicyclic) bond motifs is 1. The Kier molecular flexibility index (Phi) is 3.88. The lowest BCUT2D eigenvalue weighted by molar-refractivity contribution is -0.0155. The van der Waals surface area contributed by atoms with Crippen LogP contribution in [0.4, 0.5) is 0 Å². The van der Waals surface area contributed by atoms with Crippen LogP contribution in [0, 0.1) is 5.92 Å². The molecule has 0 aromatic heterocycles. The average molecular weight is 276 g/mol. The summed E-state index contributed by atoms with van der Waals surface area (Å²) >= 11 is 0. The molecule has 0 saturated heterocycles. The van der Waals surface area contributed by atoms with Crippen molar-refractivity contribution in [1.29, 1.82) is 0 Å². The second-order valence-corrected chi connectivity index (χ2v) is 6.12. The van der Waals surface area contributed by atoms with Crippen LogP contribution < -0.4 is 9.47 Å². The number of rotatable bonds is 3. The summed E-state index contributed by atoms with van der Waals surface area (Å²) in [4.78, 5) is 0. The van der Waals surface area contributed by atoms with Crippen molar-refractivity contribution in [2.24, 2.45) is 5.92 Å². The molecule has 1 aliphatic heterocycles. The maximum absolute atomic E-state index is 10.9. The van der Waals surface area contributed by atoms with E-state index in [1.165, 1.54) is 12.8 Å². The fourth-order valence-corrected chi connectivity index (χ4v) is 3.47. The van der Waals surface area contributed by atoms with Gasteiger partial charge in [0.1, 0.15) is 13.2 Å². The van der Waals surface area contributed by atoms with Crippen molar-refractivity contribution in [3.63, 3.8) is 0 Å². The zero-order chi connectivity index (χ0) is 14.0. The van der Waals surface area contributed by atoms with Crippen LogP contribution in [0.5, 0.6) is 11.5 Å². The number of hydrogen-bond acceptors (Lipinski definition) is 3. The van der Waals surface area contributed by atoms with E-state index in [1.54, 1.807) is 0 Å². The van der Waals surface area contributed by atoms with Crippen molar-refractivity contribution in [2.75, 3.05) is 13.2 Å². The maximum Gasteiger partial charge on any atom is 0.161 e. The normalized spacial score (nSPS) is 29.2. The van der Waals surface area contributed by atoms with Gasteiger partial charge in [-0.1, -0.05) is 25.8 Å². The minimum Gasteiger partial charge on any atom is -0.486 e. The van der Waals surface area contributed by atoms with Crippen LogP contribution >= 0.6 is 0 Å². The van der Waals surface area contributed by atoms with E-state index in [0.717, 1.165) is 48.7 Å². The molecule has 0 amide bonds. The van der Waals surface area contributed by atoms with E-state index in [9.17, 15) is 5.11 Å². The molecule has 1 aromatic carbocycles. The highest BCUT2D eigenvalue weighted by atomic mass is 16.6. The minimum absolute atomic E-state index is 0.591. The first-order chi connectivity index (χ1) is 9.71. The lowest BCUT2D eigenvalue weighted by Gasteiger charge is -2.37. The minimum atomic E-state index is -0.680. The van der Waals surface area contributed by atoms with Crippen LogP contribution in [0.2, 0.25) is 0 Å². The summed E-state index contributed by atoms with van der Waals surface area (Å²) in [6.45, 7) is 3.43. The molecule has 1 fully saturated rings. The quantitative estimate of drug-likeness (QED) is 0.916. The second kappa shape index (κ2) is 5.65. The van der Waals surface area contributed by atoms with Gasteiger partial charge < -0.3 is 14.6 Å². The third kappa shape index (κ3) is 2.64. The average Bonchev–Trinajstić information content (AvgIpc) is 2.49. The number of aliphatic hydroxyl groups is 1. The molecule has 0 bridgehead atoms. The Hall–Kier alpha value is -1.22. The van der Waals surface area contributed by atoms with E-state index in [2.05, 4.69) is 6.92 Å².